The van der Waals surface area contributed by atoms with Crippen molar-refractivity contribution < 1.29 is 38.1 Å². The Bertz CT molecular complexity index is 1300. The summed E-state index contributed by atoms with van der Waals surface area (Å²) in [7, 11) is -3.25. The molecule has 1 heterocycles. The van der Waals surface area contributed by atoms with Gasteiger partial charge in [0.1, 0.15) is 5.75 Å². The van der Waals surface area contributed by atoms with Crippen LogP contribution in [0.2, 0.25) is 0 Å². The molecule has 0 aliphatic carbocycles. The third-order valence-electron chi connectivity index (χ3n) is 5.57. The third kappa shape index (κ3) is 6.58. The number of hydroxylamine groups is 1. The van der Waals surface area contributed by atoms with Crippen molar-refractivity contribution in [2.75, 3.05) is 13.7 Å². The molecule has 1 N–H and O–H groups in total. The lowest BCUT2D eigenvalue weighted by atomic mass is 9.96. The van der Waals surface area contributed by atoms with E-state index in [-0.39, 0.29) is 0 Å². The molecule has 0 spiro atoms. The predicted octanol–water partition coefficient (Wildman–Crippen LogP) is 1.62. The molecule has 1 aliphatic heterocycles. The second kappa shape index (κ2) is 10.9. The van der Waals surface area contributed by atoms with Gasteiger partial charge in [0, 0.05) is 11.6 Å². The average Bonchev–Trinajstić information content (AvgIpc) is 2.86. The van der Waals surface area contributed by atoms with Gasteiger partial charge < -0.3 is 9.20 Å². The molecular formula is C27H24ClNO6. The van der Waals surface area contributed by atoms with Crippen molar-refractivity contribution in [1.29, 1.82) is 0 Å². The number of nitrogens with one attached hydrogen (secondary N) is 1. The number of rotatable bonds is 5. The van der Waals surface area contributed by atoms with Gasteiger partial charge in [0.15, 0.2) is 0 Å². The monoisotopic (exact) mass is 493 g/mol. The van der Waals surface area contributed by atoms with E-state index in [2.05, 4.69) is 88.8 Å². The van der Waals surface area contributed by atoms with Gasteiger partial charge in [-0.25, -0.2) is 18.6 Å². The van der Waals surface area contributed by atoms with Crippen LogP contribution < -0.4 is 28.9 Å². The fraction of sp³-hybridized carbons (Fsp3) is 0.111. The molecule has 0 amide bonds. The fourth-order valence-electron chi connectivity index (χ4n) is 3.96. The van der Waals surface area contributed by atoms with Crippen LogP contribution in [-0.4, -0.2) is 13.7 Å². The maximum absolute atomic E-state index is 8.49. The summed E-state index contributed by atoms with van der Waals surface area (Å²) in [5.74, 6) is 2.00. The number of benzene rings is 4. The molecule has 4 aromatic carbocycles. The fourth-order valence-corrected chi connectivity index (χ4v) is 3.96. The van der Waals surface area contributed by atoms with Gasteiger partial charge in [-0.1, -0.05) is 72.2 Å². The number of hydrogen-bond acceptors (Lipinski definition) is 6. The van der Waals surface area contributed by atoms with Crippen molar-refractivity contribution >= 4 is 22.4 Å². The van der Waals surface area contributed by atoms with Crippen molar-refractivity contribution in [3.63, 3.8) is 0 Å². The first-order chi connectivity index (χ1) is 16.8. The van der Waals surface area contributed by atoms with Crippen molar-refractivity contribution in [3.8, 4) is 11.5 Å². The summed E-state index contributed by atoms with van der Waals surface area (Å²) in [6.45, 7) is 1.46. The largest absolute Gasteiger partial charge is 0.497 e. The Hall–Kier alpha value is -3.43. The quantitative estimate of drug-likeness (QED) is 0.422. The number of hydrogen-bond donors (Lipinski definition) is 1. The molecule has 0 aromatic heterocycles. The lowest BCUT2D eigenvalue weighted by Crippen LogP contribution is -2.68. The Morgan fingerprint density at radius 1 is 0.829 bits per heavy atom. The minimum absolute atomic E-state index is 0.713. The summed E-state index contributed by atoms with van der Waals surface area (Å²) < 4.78 is 42.6. The average molecular weight is 494 g/mol. The van der Waals surface area contributed by atoms with E-state index in [1.807, 2.05) is 18.2 Å². The molecule has 0 atom stereocenters. The molecule has 180 valence electrons. The number of halogens is 1. The van der Waals surface area contributed by atoms with E-state index in [9.17, 15) is 0 Å². The van der Waals surface area contributed by atoms with Gasteiger partial charge in [-0.15, -0.1) is 10.2 Å². The van der Waals surface area contributed by atoms with Crippen LogP contribution in [0, 0.1) is 10.2 Å². The molecule has 0 saturated heterocycles. The van der Waals surface area contributed by atoms with Gasteiger partial charge in [0.2, 0.25) is 6.61 Å². The van der Waals surface area contributed by atoms with Crippen LogP contribution >= 0.6 is 0 Å². The highest BCUT2D eigenvalue weighted by atomic mass is 35.7. The Balaban J connectivity index is 0.000000527. The highest BCUT2D eigenvalue weighted by molar-refractivity contribution is 5.99. The number of methoxy groups -OCH3 is 1. The minimum Gasteiger partial charge on any atom is -0.497 e. The van der Waals surface area contributed by atoms with Gasteiger partial charge >= 0.3 is 0 Å². The molecule has 4 aromatic rings. The predicted molar refractivity (Wildman–Crippen MR) is 123 cm³/mol. The van der Waals surface area contributed by atoms with Crippen LogP contribution in [-0.2, 0) is 11.0 Å². The first-order valence-electron chi connectivity index (χ1n) is 10.8. The van der Waals surface area contributed by atoms with Crippen LogP contribution in [0.1, 0.15) is 16.7 Å². The highest BCUT2D eigenvalue weighted by Crippen LogP contribution is 2.41. The standard InChI is InChI=1S/C27H24NO2.ClHO4/c1-29-24-14-11-21(12-15-24)23-17-26-25-10-6-5-9-22(25)13-16-27(26)30(19-23)28-18-20-7-3-2-4-8-20;2-1(3,4)5/h2-17,28H,18-19H2,1H3;(H,2,3,4,5)/q+1;/p-1. The molecule has 1 aliphatic rings. The first kappa shape index (κ1) is 24.7. The molecular weight excluding hydrogens is 470 g/mol. The van der Waals surface area contributed by atoms with E-state index in [0.29, 0.717) is 6.61 Å². The zero-order valence-corrected chi connectivity index (χ0v) is 19.7. The number of fused-ring (bicyclic) bond motifs is 3. The minimum atomic E-state index is -4.94. The van der Waals surface area contributed by atoms with E-state index in [0.717, 1.165) is 18.0 Å². The van der Waals surface area contributed by atoms with Crippen molar-refractivity contribution in [3.05, 3.63) is 108 Å². The van der Waals surface area contributed by atoms with E-state index in [1.54, 1.807) is 7.11 Å². The van der Waals surface area contributed by atoms with Crippen molar-refractivity contribution in [2.45, 2.75) is 6.54 Å². The smallest absolute Gasteiger partial charge is 0.289 e. The topological polar surface area (TPSA) is 116 Å². The van der Waals surface area contributed by atoms with Gasteiger partial charge in [0.25, 0.3) is 5.75 Å². The zero-order chi connectivity index (χ0) is 24.8. The number of ether oxygens (including phenoxy) is 1. The molecule has 5 rings (SSSR count). The summed E-state index contributed by atoms with van der Waals surface area (Å²) in [5.41, 5.74) is 8.46. The molecule has 7 nitrogen and oxygen atoms in total. The summed E-state index contributed by atoms with van der Waals surface area (Å²) >= 11 is 0. The molecule has 0 saturated carbocycles. The second-order valence-corrected chi connectivity index (χ2v) is 8.57. The summed E-state index contributed by atoms with van der Waals surface area (Å²) in [6, 6.07) is 31.7. The van der Waals surface area contributed by atoms with E-state index in [1.165, 1.54) is 33.0 Å². The van der Waals surface area contributed by atoms with E-state index in [4.69, 9.17) is 23.4 Å². The van der Waals surface area contributed by atoms with E-state index < -0.39 is 10.2 Å². The van der Waals surface area contributed by atoms with Crippen molar-refractivity contribution in [1.82, 2.24) is 5.48 Å². The van der Waals surface area contributed by atoms with Crippen LogP contribution in [0.15, 0.2) is 91.0 Å². The van der Waals surface area contributed by atoms with Crippen LogP contribution in [0.25, 0.3) is 22.4 Å². The third-order valence-corrected chi connectivity index (χ3v) is 5.57. The molecule has 35 heavy (non-hydrogen) atoms. The maximum atomic E-state index is 8.49. The molecule has 0 fully saturated rings. The first-order valence-corrected chi connectivity index (χ1v) is 12.0. The second-order valence-electron chi connectivity index (χ2n) is 7.82. The van der Waals surface area contributed by atoms with Crippen LogP contribution in [0.3, 0.4) is 0 Å². The molecule has 0 unspecified atom stereocenters. The normalized spacial score (nSPS) is 12.9. The molecule has 0 bridgehead atoms. The van der Waals surface area contributed by atoms with Crippen LogP contribution in [0.5, 0.6) is 11.5 Å². The van der Waals surface area contributed by atoms with Gasteiger partial charge in [-0.3, -0.25) is 0 Å². The van der Waals surface area contributed by atoms with Gasteiger partial charge in [-0.05, 0) is 46.2 Å². The Kier molecular flexibility index (Phi) is 7.67. The van der Waals surface area contributed by atoms with Gasteiger partial charge in [-0.2, -0.15) is 0 Å². The molecule has 8 heteroatoms. The lowest BCUT2D eigenvalue weighted by molar-refractivity contribution is -2.00. The molecule has 0 radical (unpaired) electrons. The summed E-state index contributed by atoms with van der Waals surface area (Å²) in [6.07, 6.45) is 2.31. The maximum Gasteiger partial charge on any atom is 0.289 e. The van der Waals surface area contributed by atoms with Crippen LogP contribution in [0.4, 0.5) is 0 Å². The lowest BCUT2D eigenvalue weighted by Gasteiger charge is -2.29. The summed E-state index contributed by atoms with van der Waals surface area (Å²) in [5, 5.41) is 2.49. The Morgan fingerprint density at radius 3 is 2.17 bits per heavy atom. The highest BCUT2D eigenvalue weighted by Gasteiger charge is 2.27. The van der Waals surface area contributed by atoms with E-state index >= 15 is 0 Å². The Labute approximate surface area is 205 Å². The Morgan fingerprint density at radius 2 is 1.49 bits per heavy atom. The SMILES string of the molecule is COc1ccc(C2=Cc3c(ccc4ccccc34)[O+](NCc3ccccc3)C2)cc1.[O-][Cl+3]([O-])([O-])[O-]. The zero-order valence-electron chi connectivity index (χ0n) is 19.0. The van der Waals surface area contributed by atoms with Gasteiger partial charge in [0.05, 0.1) is 19.2 Å². The summed E-state index contributed by atoms with van der Waals surface area (Å²) in [4.78, 5) is 0. The van der Waals surface area contributed by atoms with Crippen molar-refractivity contribution in [2.24, 2.45) is 0 Å².